The molecule has 0 amide bonds. The molecule has 0 unspecified atom stereocenters. The van der Waals surface area contributed by atoms with Crippen LogP contribution in [0.5, 0.6) is 0 Å². The van der Waals surface area contributed by atoms with Crippen LogP contribution in [0, 0.1) is 30.3 Å². The minimum atomic E-state index is -0.973. The quantitative estimate of drug-likeness (QED) is 0.594. The standard InChI is InChI=1S/C9H4N6O6/c16-13(17)5-1-6(14(18)19)8(7(2-5)15(20)21)9-11-3-10-4-12-9/h1-4H. The molecule has 12 heteroatoms. The highest BCUT2D eigenvalue weighted by Crippen LogP contribution is 2.39. The fraction of sp³-hybridized carbons (Fsp3) is 0. The Morgan fingerprint density at radius 1 is 0.810 bits per heavy atom. The molecule has 12 nitrogen and oxygen atoms in total. The van der Waals surface area contributed by atoms with Crippen molar-refractivity contribution in [3.8, 4) is 11.4 Å². The van der Waals surface area contributed by atoms with Crippen molar-refractivity contribution in [3.05, 3.63) is 55.1 Å². The maximum absolute atomic E-state index is 11.0. The number of benzene rings is 1. The number of nitro benzene ring substituents is 3. The van der Waals surface area contributed by atoms with E-state index < -0.39 is 37.4 Å². The second-order valence-corrected chi connectivity index (χ2v) is 3.59. The Kier molecular flexibility index (Phi) is 3.43. The van der Waals surface area contributed by atoms with Crippen LogP contribution in [-0.4, -0.2) is 29.7 Å². The van der Waals surface area contributed by atoms with Gasteiger partial charge < -0.3 is 0 Å². The number of aromatic nitrogens is 3. The van der Waals surface area contributed by atoms with Crippen molar-refractivity contribution >= 4 is 17.1 Å². The van der Waals surface area contributed by atoms with Crippen LogP contribution in [0.2, 0.25) is 0 Å². The number of hydrogen-bond acceptors (Lipinski definition) is 9. The normalized spacial score (nSPS) is 10.1. The van der Waals surface area contributed by atoms with Gasteiger partial charge in [0.1, 0.15) is 12.7 Å². The van der Waals surface area contributed by atoms with Gasteiger partial charge in [-0.05, 0) is 0 Å². The lowest BCUT2D eigenvalue weighted by Crippen LogP contribution is -2.02. The summed E-state index contributed by atoms with van der Waals surface area (Å²) >= 11 is 0. The van der Waals surface area contributed by atoms with E-state index in [9.17, 15) is 30.3 Å². The van der Waals surface area contributed by atoms with Crippen molar-refractivity contribution in [3.63, 3.8) is 0 Å². The number of nitrogens with zero attached hydrogens (tertiary/aromatic N) is 6. The lowest BCUT2D eigenvalue weighted by molar-refractivity contribution is -0.402. The van der Waals surface area contributed by atoms with Crippen LogP contribution in [0.15, 0.2) is 24.8 Å². The Labute approximate surface area is 114 Å². The van der Waals surface area contributed by atoms with E-state index in [-0.39, 0.29) is 5.82 Å². The van der Waals surface area contributed by atoms with Gasteiger partial charge in [0.05, 0.1) is 26.9 Å². The van der Waals surface area contributed by atoms with Gasteiger partial charge in [-0.3, -0.25) is 30.3 Å². The first kappa shape index (κ1) is 13.9. The van der Waals surface area contributed by atoms with E-state index in [1.165, 1.54) is 0 Å². The van der Waals surface area contributed by atoms with Crippen molar-refractivity contribution in [1.29, 1.82) is 0 Å². The summed E-state index contributed by atoms with van der Waals surface area (Å²) in [6.07, 6.45) is 1.99. The van der Waals surface area contributed by atoms with Crippen LogP contribution < -0.4 is 0 Å². The molecule has 1 aromatic heterocycles. The minimum absolute atomic E-state index is 0.321. The third-order valence-electron chi connectivity index (χ3n) is 2.40. The highest BCUT2D eigenvalue weighted by Gasteiger charge is 2.32. The highest BCUT2D eigenvalue weighted by atomic mass is 16.6. The smallest absolute Gasteiger partial charge is 0.258 e. The molecule has 0 atom stereocenters. The second kappa shape index (κ2) is 5.20. The van der Waals surface area contributed by atoms with Gasteiger partial charge in [-0.1, -0.05) is 0 Å². The van der Waals surface area contributed by atoms with Crippen molar-refractivity contribution in [2.45, 2.75) is 0 Å². The molecule has 106 valence electrons. The van der Waals surface area contributed by atoms with Crippen LogP contribution in [0.4, 0.5) is 17.1 Å². The van der Waals surface area contributed by atoms with Crippen LogP contribution in [0.25, 0.3) is 11.4 Å². The molecule has 21 heavy (non-hydrogen) atoms. The largest absolute Gasteiger partial charge is 0.294 e. The fourth-order valence-corrected chi connectivity index (χ4v) is 1.59. The summed E-state index contributed by atoms with van der Waals surface area (Å²) in [5.41, 5.74) is -2.95. The molecular weight excluding hydrogens is 288 g/mol. The molecule has 0 aliphatic carbocycles. The molecular formula is C9H4N6O6. The summed E-state index contributed by atoms with van der Waals surface area (Å²) in [6, 6.07) is 1.23. The summed E-state index contributed by atoms with van der Waals surface area (Å²) in [5, 5.41) is 32.8. The van der Waals surface area contributed by atoms with Crippen molar-refractivity contribution < 1.29 is 14.8 Å². The highest BCUT2D eigenvalue weighted by molar-refractivity contribution is 5.80. The molecule has 1 heterocycles. The Hall–Kier alpha value is -3.57. The van der Waals surface area contributed by atoms with E-state index in [0.29, 0.717) is 12.1 Å². The first-order valence-electron chi connectivity index (χ1n) is 5.15. The summed E-state index contributed by atoms with van der Waals surface area (Å²) < 4.78 is 0. The number of non-ortho nitro benzene ring substituents is 1. The average Bonchev–Trinajstić information content (AvgIpc) is 2.46. The van der Waals surface area contributed by atoms with E-state index in [0.717, 1.165) is 12.7 Å². The van der Waals surface area contributed by atoms with Crippen molar-refractivity contribution in [2.24, 2.45) is 0 Å². The number of rotatable bonds is 4. The average molecular weight is 292 g/mol. The minimum Gasteiger partial charge on any atom is -0.258 e. The number of nitro groups is 3. The molecule has 0 aliphatic heterocycles. The lowest BCUT2D eigenvalue weighted by atomic mass is 10.1. The third kappa shape index (κ3) is 2.58. The molecule has 0 bridgehead atoms. The summed E-state index contributed by atoms with van der Waals surface area (Å²) in [7, 11) is 0. The van der Waals surface area contributed by atoms with Crippen LogP contribution in [0.1, 0.15) is 0 Å². The molecule has 0 saturated carbocycles. The Bertz CT molecular complexity index is 713. The molecule has 0 saturated heterocycles. The zero-order chi connectivity index (χ0) is 15.6. The zero-order valence-corrected chi connectivity index (χ0v) is 9.94. The molecule has 0 aliphatic rings. The summed E-state index contributed by atoms with van der Waals surface area (Å²) in [5.74, 6) is -0.321. The maximum atomic E-state index is 11.0. The monoisotopic (exact) mass is 292 g/mol. The number of hydrogen-bond donors (Lipinski definition) is 0. The summed E-state index contributed by atoms with van der Waals surface area (Å²) in [6.45, 7) is 0. The second-order valence-electron chi connectivity index (χ2n) is 3.59. The molecule has 0 spiro atoms. The van der Waals surface area contributed by atoms with Gasteiger partial charge >= 0.3 is 0 Å². The molecule has 0 N–H and O–H groups in total. The van der Waals surface area contributed by atoms with E-state index in [1.54, 1.807) is 0 Å². The van der Waals surface area contributed by atoms with E-state index in [4.69, 9.17) is 0 Å². The van der Waals surface area contributed by atoms with Crippen molar-refractivity contribution in [2.75, 3.05) is 0 Å². The fourth-order valence-electron chi connectivity index (χ4n) is 1.59. The van der Waals surface area contributed by atoms with Gasteiger partial charge in [-0.25, -0.2) is 15.0 Å². The lowest BCUT2D eigenvalue weighted by Gasteiger charge is -2.02. The van der Waals surface area contributed by atoms with E-state index >= 15 is 0 Å². The van der Waals surface area contributed by atoms with Crippen molar-refractivity contribution in [1.82, 2.24) is 15.0 Å². The van der Waals surface area contributed by atoms with Gasteiger partial charge in [0.15, 0.2) is 11.4 Å². The van der Waals surface area contributed by atoms with Gasteiger partial charge in [-0.15, -0.1) is 0 Å². The molecule has 0 fully saturated rings. The predicted octanol–water partition coefficient (Wildman–Crippen LogP) is 1.26. The summed E-state index contributed by atoms with van der Waals surface area (Å²) in [4.78, 5) is 40.6. The van der Waals surface area contributed by atoms with Gasteiger partial charge in [0, 0.05) is 0 Å². The van der Waals surface area contributed by atoms with Gasteiger partial charge in [0.2, 0.25) is 0 Å². The first-order chi connectivity index (χ1) is 9.91. The third-order valence-corrected chi connectivity index (χ3v) is 2.40. The van der Waals surface area contributed by atoms with Gasteiger partial charge in [0.25, 0.3) is 17.1 Å². The first-order valence-corrected chi connectivity index (χ1v) is 5.15. The maximum Gasteiger partial charge on any atom is 0.294 e. The topological polar surface area (TPSA) is 168 Å². The van der Waals surface area contributed by atoms with Gasteiger partial charge in [-0.2, -0.15) is 0 Å². The Morgan fingerprint density at radius 3 is 1.67 bits per heavy atom. The van der Waals surface area contributed by atoms with Crippen LogP contribution in [-0.2, 0) is 0 Å². The predicted molar refractivity (Wildman–Crippen MR) is 65.2 cm³/mol. The molecule has 1 aromatic carbocycles. The molecule has 2 rings (SSSR count). The molecule has 2 aromatic rings. The zero-order valence-electron chi connectivity index (χ0n) is 9.94. The van der Waals surface area contributed by atoms with E-state index in [1.807, 2.05) is 0 Å². The SMILES string of the molecule is O=[N+]([O-])c1cc([N+](=O)[O-])c(-c2ncncn2)c([N+](=O)[O-])c1. The Morgan fingerprint density at radius 2 is 1.29 bits per heavy atom. The Balaban J connectivity index is 2.86. The van der Waals surface area contributed by atoms with Crippen LogP contribution >= 0.6 is 0 Å². The van der Waals surface area contributed by atoms with E-state index in [2.05, 4.69) is 15.0 Å². The molecule has 0 radical (unpaired) electrons. The van der Waals surface area contributed by atoms with Crippen LogP contribution in [0.3, 0.4) is 0 Å².